The van der Waals surface area contributed by atoms with E-state index in [0.717, 1.165) is 42.3 Å². The Morgan fingerprint density at radius 1 is 1.20 bits per heavy atom. The van der Waals surface area contributed by atoms with Gasteiger partial charge in [-0.1, -0.05) is 6.07 Å². The molecule has 1 N–H and O–H groups in total. The first kappa shape index (κ1) is 15.1. The fraction of sp³-hybridized carbons (Fsp3) is 0.375. The minimum absolute atomic E-state index is 0.170. The van der Waals surface area contributed by atoms with Crippen molar-refractivity contribution in [2.24, 2.45) is 0 Å². The Labute approximate surface area is 123 Å². The molecular formula is C16H20FNOS. The summed E-state index contributed by atoms with van der Waals surface area (Å²) in [6, 6.07) is 9.00. The third-order valence-electron chi connectivity index (χ3n) is 3.18. The highest BCUT2D eigenvalue weighted by Gasteiger charge is 2.02. The molecule has 2 nitrogen and oxygen atoms in total. The van der Waals surface area contributed by atoms with Crippen molar-refractivity contribution in [1.29, 1.82) is 0 Å². The van der Waals surface area contributed by atoms with Gasteiger partial charge in [-0.3, -0.25) is 0 Å². The van der Waals surface area contributed by atoms with Crippen molar-refractivity contribution in [1.82, 2.24) is 5.32 Å². The molecule has 2 rings (SSSR count). The van der Waals surface area contributed by atoms with Gasteiger partial charge in [0.25, 0.3) is 0 Å². The van der Waals surface area contributed by atoms with Gasteiger partial charge in [0.1, 0.15) is 17.3 Å². The summed E-state index contributed by atoms with van der Waals surface area (Å²) >= 11 is 1.75. The van der Waals surface area contributed by atoms with Crippen LogP contribution in [0.2, 0.25) is 0 Å². The van der Waals surface area contributed by atoms with E-state index in [4.69, 9.17) is 4.42 Å². The van der Waals surface area contributed by atoms with Crippen LogP contribution >= 0.6 is 11.8 Å². The van der Waals surface area contributed by atoms with E-state index in [1.807, 2.05) is 25.1 Å². The fourth-order valence-corrected chi connectivity index (χ4v) is 2.55. The largest absolute Gasteiger partial charge is 0.464 e. The Balaban J connectivity index is 1.75. The van der Waals surface area contributed by atoms with Crippen molar-refractivity contribution in [3.05, 3.63) is 58.8 Å². The quantitative estimate of drug-likeness (QED) is 0.783. The van der Waals surface area contributed by atoms with Crippen LogP contribution in [-0.2, 0) is 18.7 Å². The summed E-state index contributed by atoms with van der Waals surface area (Å²) in [7, 11) is 0. The maximum atomic E-state index is 13.0. The minimum Gasteiger partial charge on any atom is -0.464 e. The predicted octanol–water partition coefficient (Wildman–Crippen LogP) is 3.92. The highest BCUT2D eigenvalue weighted by Crippen LogP contribution is 2.13. The molecule has 0 atom stereocenters. The maximum absolute atomic E-state index is 13.0. The second-order valence-corrected chi connectivity index (χ2v) is 5.66. The molecule has 0 aliphatic rings. The van der Waals surface area contributed by atoms with E-state index in [-0.39, 0.29) is 5.82 Å². The summed E-state index contributed by atoms with van der Waals surface area (Å²) in [4.78, 5) is 0. The van der Waals surface area contributed by atoms with Crippen molar-refractivity contribution < 1.29 is 8.81 Å². The number of thioether (sulfide) groups is 1. The van der Waals surface area contributed by atoms with Crippen molar-refractivity contribution in [2.75, 3.05) is 12.8 Å². The zero-order chi connectivity index (χ0) is 14.4. The normalized spacial score (nSPS) is 10.9. The number of nitrogens with one attached hydrogen (secondary N) is 1. The fourth-order valence-electron chi connectivity index (χ4n) is 2.11. The van der Waals surface area contributed by atoms with Gasteiger partial charge in [-0.2, -0.15) is 11.8 Å². The van der Waals surface area contributed by atoms with Crippen LogP contribution in [0, 0.1) is 12.7 Å². The topological polar surface area (TPSA) is 25.2 Å². The lowest BCUT2D eigenvalue weighted by atomic mass is 10.1. The van der Waals surface area contributed by atoms with Crippen molar-refractivity contribution >= 4 is 11.8 Å². The molecule has 1 heterocycles. The molecule has 1 aromatic heterocycles. The van der Waals surface area contributed by atoms with Gasteiger partial charge in [-0.15, -0.1) is 0 Å². The average Bonchev–Trinajstić information content (AvgIpc) is 2.85. The van der Waals surface area contributed by atoms with Crippen LogP contribution in [0.1, 0.15) is 22.6 Å². The molecule has 0 bridgehead atoms. The second-order valence-electron chi connectivity index (χ2n) is 4.80. The molecule has 108 valence electrons. The molecule has 20 heavy (non-hydrogen) atoms. The van der Waals surface area contributed by atoms with Crippen LogP contribution in [0.5, 0.6) is 0 Å². The summed E-state index contributed by atoms with van der Waals surface area (Å²) in [6.45, 7) is 3.53. The van der Waals surface area contributed by atoms with Crippen LogP contribution in [0.15, 0.2) is 34.7 Å². The van der Waals surface area contributed by atoms with Crippen LogP contribution < -0.4 is 5.32 Å². The van der Waals surface area contributed by atoms with E-state index in [9.17, 15) is 4.39 Å². The van der Waals surface area contributed by atoms with E-state index < -0.39 is 0 Å². The van der Waals surface area contributed by atoms with Gasteiger partial charge in [0.2, 0.25) is 0 Å². The first-order chi connectivity index (χ1) is 9.69. The highest BCUT2D eigenvalue weighted by molar-refractivity contribution is 7.97. The van der Waals surface area contributed by atoms with Crippen LogP contribution in [-0.4, -0.2) is 12.8 Å². The molecule has 4 heteroatoms. The smallest absolute Gasteiger partial charge is 0.123 e. The Morgan fingerprint density at radius 3 is 2.75 bits per heavy atom. The molecule has 0 spiro atoms. The van der Waals surface area contributed by atoms with E-state index >= 15 is 0 Å². The monoisotopic (exact) mass is 293 g/mol. The Hall–Kier alpha value is -1.26. The third kappa shape index (κ3) is 4.39. The van der Waals surface area contributed by atoms with E-state index in [1.165, 1.54) is 11.6 Å². The summed E-state index contributed by atoms with van der Waals surface area (Å²) in [5.41, 5.74) is 2.19. The molecule has 0 amide bonds. The number of rotatable bonds is 7. The first-order valence-electron chi connectivity index (χ1n) is 6.71. The first-order valence-corrected chi connectivity index (χ1v) is 8.10. The summed E-state index contributed by atoms with van der Waals surface area (Å²) < 4.78 is 18.7. The zero-order valence-corrected chi connectivity index (χ0v) is 12.7. The number of benzene rings is 1. The van der Waals surface area contributed by atoms with Gasteiger partial charge in [0.15, 0.2) is 0 Å². The molecule has 1 aromatic carbocycles. The average molecular weight is 293 g/mol. The van der Waals surface area contributed by atoms with Crippen molar-refractivity contribution in [3.63, 3.8) is 0 Å². The lowest BCUT2D eigenvalue weighted by Crippen LogP contribution is -2.16. The van der Waals surface area contributed by atoms with Gasteiger partial charge in [0, 0.05) is 0 Å². The molecule has 0 saturated heterocycles. The van der Waals surface area contributed by atoms with Gasteiger partial charge in [-0.25, -0.2) is 4.39 Å². The number of halogens is 1. The summed E-state index contributed by atoms with van der Waals surface area (Å²) in [5.74, 6) is 2.72. The van der Waals surface area contributed by atoms with Crippen LogP contribution in [0.4, 0.5) is 4.39 Å². The molecule has 2 aromatic rings. The maximum Gasteiger partial charge on any atom is 0.123 e. The lowest BCUT2D eigenvalue weighted by molar-refractivity contribution is 0.460. The van der Waals surface area contributed by atoms with Gasteiger partial charge >= 0.3 is 0 Å². The molecular weight excluding hydrogens is 273 g/mol. The molecule has 0 unspecified atom stereocenters. The third-order valence-corrected chi connectivity index (χ3v) is 3.75. The Morgan fingerprint density at radius 2 is 2.00 bits per heavy atom. The van der Waals surface area contributed by atoms with Crippen molar-refractivity contribution in [2.45, 2.75) is 25.6 Å². The summed E-state index contributed by atoms with van der Waals surface area (Å²) in [5, 5.41) is 3.35. The molecule has 0 fully saturated rings. The molecule has 0 saturated carbocycles. The highest BCUT2D eigenvalue weighted by atomic mass is 32.2. The number of hydrogen-bond donors (Lipinski definition) is 1. The van der Waals surface area contributed by atoms with E-state index in [2.05, 4.69) is 11.6 Å². The minimum atomic E-state index is -0.170. The standard InChI is InChI=1S/C16H20FNOS/c1-12-9-14(17)4-3-13(12)7-8-18-10-15-5-6-16(19-15)11-20-2/h3-6,9,18H,7-8,10-11H2,1-2H3. The second kappa shape index (κ2) is 7.50. The SMILES string of the molecule is CSCc1ccc(CNCCc2ccc(F)cc2C)o1. The zero-order valence-electron chi connectivity index (χ0n) is 11.9. The summed E-state index contributed by atoms with van der Waals surface area (Å²) in [6.07, 6.45) is 2.95. The number of aryl methyl sites for hydroxylation is 1. The van der Waals surface area contributed by atoms with Crippen LogP contribution in [0.3, 0.4) is 0 Å². The van der Waals surface area contributed by atoms with E-state index in [0.29, 0.717) is 0 Å². The predicted molar refractivity (Wildman–Crippen MR) is 82.5 cm³/mol. The van der Waals surface area contributed by atoms with Crippen molar-refractivity contribution in [3.8, 4) is 0 Å². The van der Waals surface area contributed by atoms with Gasteiger partial charge in [-0.05, 0) is 61.5 Å². The molecule has 0 aliphatic carbocycles. The number of furan rings is 1. The van der Waals surface area contributed by atoms with Gasteiger partial charge < -0.3 is 9.73 Å². The lowest BCUT2D eigenvalue weighted by Gasteiger charge is -2.06. The Kier molecular flexibility index (Phi) is 5.68. The molecule has 0 radical (unpaired) electrons. The Bertz CT molecular complexity index is 553. The van der Waals surface area contributed by atoms with Gasteiger partial charge in [0.05, 0.1) is 12.3 Å². The van der Waals surface area contributed by atoms with E-state index in [1.54, 1.807) is 17.8 Å². The molecule has 0 aliphatic heterocycles. The number of hydrogen-bond acceptors (Lipinski definition) is 3. The van der Waals surface area contributed by atoms with Crippen LogP contribution in [0.25, 0.3) is 0 Å².